The van der Waals surface area contributed by atoms with Crippen LogP contribution in [0, 0.1) is 0 Å². The lowest BCUT2D eigenvalue weighted by Gasteiger charge is -2.13. The first kappa shape index (κ1) is 34.3. The zero-order valence-electron chi connectivity index (χ0n) is 24.8. The van der Waals surface area contributed by atoms with Crippen molar-refractivity contribution >= 4 is 76.1 Å². The molecule has 0 aliphatic heterocycles. The standard InChI is InChI=1S/C35H31Cl2N3O5S/c1-2-3-18-45-35(44)24-13-16-27(17-14-24)38-32(41)22-46-29-11-7-10-28(21-29)39-34(43)31(19-25-12-15-26(36)20-30(25)37)40-33(42)23-8-5-4-6-9-23/h4-17,19-21H,2-3,18,22H2,1H3,(H,38,41)(H,39,43)(H,40,42)/b31-19+. The van der Waals surface area contributed by atoms with Gasteiger partial charge in [-0.25, -0.2) is 4.79 Å². The number of unbranched alkanes of at least 4 members (excludes halogenated alkanes) is 1. The van der Waals surface area contributed by atoms with Crippen LogP contribution < -0.4 is 16.0 Å². The van der Waals surface area contributed by atoms with E-state index in [1.807, 2.05) is 13.0 Å². The summed E-state index contributed by atoms with van der Waals surface area (Å²) in [4.78, 5) is 51.8. The molecule has 0 unspecified atom stereocenters. The fourth-order valence-corrected chi connectivity index (χ4v) is 5.22. The summed E-state index contributed by atoms with van der Waals surface area (Å²) in [6.07, 6.45) is 3.21. The predicted octanol–water partition coefficient (Wildman–Crippen LogP) is 8.09. The predicted molar refractivity (Wildman–Crippen MR) is 184 cm³/mol. The summed E-state index contributed by atoms with van der Waals surface area (Å²) in [5.74, 6) is -1.59. The van der Waals surface area contributed by atoms with Gasteiger partial charge in [0.05, 0.1) is 17.9 Å². The van der Waals surface area contributed by atoms with Gasteiger partial charge >= 0.3 is 5.97 Å². The van der Waals surface area contributed by atoms with Crippen LogP contribution in [0.15, 0.2) is 108 Å². The molecule has 4 rings (SSSR count). The molecule has 0 fully saturated rings. The summed E-state index contributed by atoms with van der Waals surface area (Å²) in [6.45, 7) is 2.39. The minimum absolute atomic E-state index is 0.0317. The number of rotatable bonds is 13. The van der Waals surface area contributed by atoms with Gasteiger partial charge in [-0.3, -0.25) is 14.4 Å². The smallest absolute Gasteiger partial charge is 0.338 e. The molecule has 0 heterocycles. The van der Waals surface area contributed by atoms with E-state index >= 15 is 0 Å². The molecule has 3 amide bonds. The number of thioether (sulfide) groups is 1. The van der Waals surface area contributed by atoms with E-state index in [-0.39, 0.29) is 17.4 Å². The quantitative estimate of drug-likeness (QED) is 0.0571. The molecule has 0 aromatic heterocycles. The molecule has 0 bridgehead atoms. The van der Waals surface area contributed by atoms with Gasteiger partial charge in [0.15, 0.2) is 0 Å². The van der Waals surface area contributed by atoms with E-state index in [0.717, 1.165) is 17.7 Å². The van der Waals surface area contributed by atoms with Gasteiger partial charge in [0.2, 0.25) is 5.91 Å². The van der Waals surface area contributed by atoms with Crippen molar-refractivity contribution in [3.63, 3.8) is 0 Å². The average molecular weight is 677 g/mol. The van der Waals surface area contributed by atoms with Crippen molar-refractivity contribution in [1.29, 1.82) is 0 Å². The zero-order chi connectivity index (χ0) is 32.9. The number of nitrogens with one attached hydrogen (secondary N) is 3. The number of carbonyl (C=O) groups excluding carboxylic acids is 4. The number of hydrogen-bond donors (Lipinski definition) is 3. The minimum atomic E-state index is -0.576. The molecule has 46 heavy (non-hydrogen) atoms. The van der Waals surface area contributed by atoms with Crippen molar-refractivity contribution in [2.75, 3.05) is 23.0 Å². The van der Waals surface area contributed by atoms with Crippen molar-refractivity contribution in [3.8, 4) is 0 Å². The Morgan fingerprint density at radius 3 is 2.28 bits per heavy atom. The molecule has 0 aliphatic carbocycles. The lowest BCUT2D eigenvalue weighted by Crippen LogP contribution is -2.30. The van der Waals surface area contributed by atoms with Gasteiger partial charge in [-0.2, -0.15) is 0 Å². The van der Waals surface area contributed by atoms with E-state index in [4.69, 9.17) is 27.9 Å². The van der Waals surface area contributed by atoms with E-state index in [9.17, 15) is 19.2 Å². The first-order chi connectivity index (χ1) is 22.2. The fraction of sp³-hybridized carbons (Fsp3) is 0.143. The normalized spacial score (nSPS) is 11.0. The third-order valence-corrected chi connectivity index (χ3v) is 7.94. The molecule has 8 nitrogen and oxygen atoms in total. The van der Waals surface area contributed by atoms with E-state index in [1.165, 1.54) is 17.8 Å². The monoisotopic (exact) mass is 675 g/mol. The number of halogens is 2. The average Bonchev–Trinajstić information content (AvgIpc) is 3.05. The fourth-order valence-electron chi connectivity index (χ4n) is 4.01. The van der Waals surface area contributed by atoms with Crippen molar-refractivity contribution in [1.82, 2.24) is 5.32 Å². The maximum atomic E-state index is 13.4. The van der Waals surface area contributed by atoms with E-state index in [2.05, 4.69) is 16.0 Å². The van der Waals surface area contributed by atoms with Crippen LogP contribution in [0.5, 0.6) is 0 Å². The van der Waals surface area contributed by atoms with Gasteiger partial charge in [0, 0.05) is 31.9 Å². The van der Waals surface area contributed by atoms with Gasteiger partial charge in [0.1, 0.15) is 5.70 Å². The molecule has 236 valence electrons. The topological polar surface area (TPSA) is 114 Å². The van der Waals surface area contributed by atoms with E-state index in [0.29, 0.717) is 44.7 Å². The molecular formula is C35H31Cl2N3O5S. The maximum absolute atomic E-state index is 13.4. The molecule has 11 heteroatoms. The van der Waals surface area contributed by atoms with Crippen LogP contribution in [0.2, 0.25) is 10.0 Å². The Kier molecular flexibility index (Phi) is 12.8. The lowest BCUT2D eigenvalue weighted by atomic mass is 10.1. The molecular weight excluding hydrogens is 645 g/mol. The number of carbonyl (C=O) groups is 4. The molecule has 0 spiro atoms. The van der Waals surface area contributed by atoms with Gasteiger partial charge < -0.3 is 20.7 Å². The largest absolute Gasteiger partial charge is 0.462 e. The molecule has 0 radical (unpaired) electrons. The second-order valence-electron chi connectivity index (χ2n) is 9.93. The Labute approximate surface area is 281 Å². The van der Waals surface area contributed by atoms with E-state index < -0.39 is 17.8 Å². The Bertz CT molecular complexity index is 1730. The molecule has 0 saturated carbocycles. The van der Waals surface area contributed by atoms with Gasteiger partial charge in [-0.05, 0) is 84.8 Å². The highest BCUT2D eigenvalue weighted by Crippen LogP contribution is 2.25. The number of anilines is 2. The number of hydrogen-bond acceptors (Lipinski definition) is 6. The van der Waals surface area contributed by atoms with Gasteiger partial charge in [-0.1, -0.05) is 66.9 Å². The summed E-state index contributed by atoms with van der Waals surface area (Å²) < 4.78 is 5.21. The molecule has 0 saturated heterocycles. The molecule has 0 atom stereocenters. The SMILES string of the molecule is CCCCOC(=O)c1ccc(NC(=O)CSc2cccc(NC(=O)/C(=C\c3ccc(Cl)cc3Cl)NC(=O)c3ccccc3)c2)cc1. The van der Waals surface area contributed by atoms with E-state index in [1.54, 1.807) is 91.0 Å². The Morgan fingerprint density at radius 1 is 0.804 bits per heavy atom. The highest BCUT2D eigenvalue weighted by Gasteiger charge is 2.16. The zero-order valence-corrected chi connectivity index (χ0v) is 27.2. The molecule has 4 aromatic rings. The summed E-state index contributed by atoms with van der Waals surface area (Å²) in [6, 6.07) is 26.8. The number of benzene rings is 4. The summed E-state index contributed by atoms with van der Waals surface area (Å²) >= 11 is 13.6. The summed E-state index contributed by atoms with van der Waals surface area (Å²) in [5, 5.41) is 9.03. The Balaban J connectivity index is 1.39. The third-order valence-electron chi connectivity index (χ3n) is 6.39. The first-order valence-corrected chi connectivity index (χ1v) is 16.1. The molecule has 0 aliphatic rings. The van der Waals surface area contributed by atoms with Crippen LogP contribution in [0.1, 0.15) is 46.0 Å². The van der Waals surface area contributed by atoms with Crippen molar-refractivity contribution < 1.29 is 23.9 Å². The van der Waals surface area contributed by atoms with Crippen LogP contribution in [-0.4, -0.2) is 36.1 Å². The van der Waals surface area contributed by atoms with Crippen LogP contribution in [0.25, 0.3) is 6.08 Å². The number of esters is 1. The van der Waals surface area contributed by atoms with Crippen molar-refractivity contribution in [3.05, 3.63) is 129 Å². The lowest BCUT2D eigenvalue weighted by molar-refractivity contribution is -0.114. The van der Waals surface area contributed by atoms with Gasteiger partial charge in [0.25, 0.3) is 11.8 Å². The Hall–Kier alpha value is -4.57. The van der Waals surface area contributed by atoms with Crippen LogP contribution >= 0.6 is 35.0 Å². The van der Waals surface area contributed by atoms with Gasteiger partial charge in [-0.15, -0.1) is 11.8 Å². The van der Waals surface area contributed by atoms with Crippen LogP contribution in [-0.2, 0) is 14.3 Å². The highest BCUT2D eigenvalue weighted by atomic mass is 35.5. The highest BCUT2D eigenvalue weighted by molar-refractivity contribution is 8.00. The van der Waals surface area contributed by atoms with Crippen LogP contribution in [0.3, 0.4) is 0 Å². The maximum Gasteiger partial charge on any atom is 0.338 e. The second-order valence-corrected chi connectivity index (χ2v) is 11.8. The first-order valence-electron chi connectivity index (χ1n) is 14.4. The van der Waals surface area contributed by atoms with Crippen molar-refractivity contribution in [2.24, 2.45) is 0 Å². The minimum Gasteiger partial charge on any atom is -0.462 e. The second kappa shape index (κ2) is 17.2. The molecule has 4 aromatic carbocycles. The number of ether oxygens (including phenoxy) is 1. The number of amides is 3. The third kappa shape index (κ3) is 10.5. The van der Waals surface area contributed by atoms with Crippen LogP contribution in [0.4, 0.5) is 11.4 Å². The molecule has 3 N–H and O–H groups in total. The van der Waals surface area contributed by atoms with Crippen molar-refractivity contribution in [2.45, 2.75) is 24.7 Å². The summed E-state index contributed by atoms with van der Waals surface area (Å²) in [5.41, 5.74) is 2.25. The Morgan fingerprint density at radius 2 is 1.57 bits per heavy atom. The summed E-state index contributed by atoms with van der Waals surface area (Å²) in [7, 11) is 0.